The van der Waals surface area contributed by atoms with Gasteiger partial charge in [0.1, 0.15) is 5.41 Å². The third-order valence-electron chi connectivity index (χ3n) is 4.60. The zero-order valence-corrected chi connectivity index (χ0v) is 15.1. The molecule has 26 heavy (non-hydrogen) atoms. The van der Waals surface area contributed by atoms with Crippen molar-refractivity contribution < 1.29 is 9.90 Å². The maximum Gasteiger partial charge on any atom is 0.318 e. The van der Waals surface area contributed by atoms with Crippen LogP contribution in [-0.4, -0.2) is 11.1 Å². The Morgan fingerprint density at radius 1 is 0.885 bits per heavy atom. The predicted octanol–water partition coefficient (Wildman–Crippen LogP) is 5.90. The van der Waals surface area contributed by atoms with Gasteiger partial charge in [-0.05, 0) is 41.3 Å². The molecule has 1 atom stereocenters. The van der Waals surface area contributed by atoms with Crippen LogP contribution in [0.5, 0.6) is 0 Å². The maximum atomic E-state index is 12.2. The second kappa shape index (κ2) is 7.59. The van der Waals surface area contributed by atoms with E-state index in [9.17, 15) is 9.90 Å². The number of hydrogen-bond donors (Lipinski definition) is 1. The highest BCUT2D eigenvalue weighted by Crippen LogP contribution is 2.35. The number of halogens is 1. The molecular weight excluding hydrogens is 344 g/mol. The molecule has 0 fully saturated rings. The number of carboxylic acid groups (broad SMARTS) is 1. The summed E-state index contributed by atoms with van der Waals surface area (Å²) in [5.74, 6) is -0.879. The molecule has 130 valence electrons. The summed E-state index contributed by atoms with van der Waals surface area (Å²) < 4.78 is 0. The highest BCUT2D eigenvalue weighted by Gasteiger charge is 2.38. The Labute approximate surface area is 158 Å². The normalized spacial score (nSPS) is 13.5. The van der Waals surface area contributed by atoms with Crippen LogP contribution in [0, 0.1) is 0 Å². The van der Waals surface area contributed by atoms with E-state index < -0.39 is 11.4 Å². The molecule has 0 aliphatic carbocycles. The molecule has 2 nitrogen and oxygen atoms in total. The smallest absolute Gasteiger partial charge is 0.318 e. The standard InChI is InChI=1S/C23H19ClO2/c1-23(22(25)26,19-8-3-2-4-9-19)21-10-6-5-7-18(21)14-11-17-12-15-20(24)16-13-17/h2-16H,1H3,(H,25,26)/b14-11+/t23-/m1/s1. The van der Waals surface area contributed by atoms with Gasteiger partial charge in [-0.15, -0.1) is 0 Å². The van der Waals surface area contributed by atoms with E-state index in [-0.39, 0.29) is 0 Å². The van der Waals surface area contributed by atoms with Gasteiger partial charge in [0, 0.05) is 5.02 Å². The van der Waals surface area contributed by atoms with Gasteiger partial charge in [-0.25, -0.2) is 0 Å². The molecule has 0 unspecified atom stereocenters. The van der Waals surface area contributed by atoms with E-state index in [0.717, 1.165) is 22.3 Å². The molecule has 0 radical (unpaired) electrons. The van der Waals surface area contributed by atoms with Gasteiger partial charge in [-0.2, -0.15) is 0 Å². The van der Waals surface area contributed by atoms with Gasteiger partial charge in [-0.3, -0.25) is 4.79 Å². The number of carboxylic acids is 1. The minimum atomic E-state index is -1.14. The maximum absolute atomic E-state index is 12.2. The lowest BCUT2D eigenvalue weighted by Crippen LogP contribution is -2.34. The van der Waals surface area contributed by atoms with Crippen LogP contribution < -0.4 is 0 Å². The van der Waals surface area contributed by atoms with Crippen molar-refractivity contribution in [2.24, 2.45) is 0 Å². The van der Waals surface area contributed by atoms with Gasteiger partial charge in [0.2, 0.25) is 0 Å². The molecule has 0 amide bonds. The van der Waals surface area contributed by atoms with E-state index >= 15 is 0 Å². The minimum Gasteiger partial charge on any atom is -0.480 e. The van der Waals surface area contributed by atoms with Crippen molar-refractivity contribution in [3.05, 3.63) is 106 Å². The summed E-state index contributed by atoms with van der Waals surface area (Å²) in [4.78, 5) is 12.2. The fourth-order valence-electron chi connectivity index (χ4n) is 3.02. The zero-order valence-electron chi connectivity index (χ0n) is 14.4. The monoisotopic (exact) mass is 362 g/mol. The highest BCUT2D eigenvalue weighted by atomic mass is 35.5. The molecule has 0 heterocycles. The molecule has 0 bridgehead atoms. The molecule has 3 aromatic rings. The fraction of sp³-hybridized carbons (Fsp3) is 0.0870. The van der Waals surface area contributed by atoms with E-state index in [0.29, 0.717) is 5.02 Å². The van der Waals surface area contributed by atoms with Crippen LogP contribution in [0.4, 0.5) is 0 Å². The summed E-state index contributed by atoms with van der Waals surface area (Å²) in [6.07, 6.45) is 3.91. The van der Waals surface area contributed by atoms with Gasteiger partial charge in [-0.1, -0.05) is 90.5 Å². The second-order valence-electron chi connectivity index (χ2n) is 6.27. The minimum absolute atomic E-state index is 0.685. The third-order valence-corrected chi connectivity index (χ3v) is 4.86. The lowest BCUT2D eigenvalue weighted by molar-refractivity contribution is -0.141. The van der Waals surface area contributed by atoms with Crippen LogP contribution in [0.3, 0.4) is 0 Å². The van der Waals surface area contributed by atoms with Crippen molar-refractivity contribution in [2.45, 2.75) is 12.3 Å². The fourth-order valence-corrected chi connectivity index (χ4v) is 3.15. The Hall–Kier alpha value is -2.84. The second-order valence-corrected chi connectivity index (χ2v) is 6.70. The predicted molar refractivity (Wildman–Crippen MR) is 107 cm³/mol. The van der Waals surface area contributed by atoms with Gasteiger partial charge in [0.15, 0.2) is 0 Å². The van der Waals surface area contributed by atoms with Gasteiger partial charge in [0.25, 0.3) is 0 Å². The van der Waals surface area contributed by atoms with Crippen LogP contribution in [-0.2, 0) is 10.2 Å². The van der Waals surface area contributed by atoms with E-state index in [1.165, 1.54) is 0 Å². The number of aliphatic carboxylic acids is 1. The summed E-state index contributed by atoms with van der Waals surface area (Å²) in [6.45, 7) is 1.75. The summed E-state index contributed by atoms with van der Waals surface area (Å²) >= 11 is 5.93. The Balaban J connectivity index is 2.07. The average molecular weight is 363 g/mol. The lowest BCUT2D eigenvalue weighted by Gasteiger charge is -2.27. The molecule has 3 aromatic carbocycles. The Morgan fingerprint density at radius 3 is 2.15 bits per heavy atom. The van der Waals surface area contributed by atoms with Crippen LogP contribution in [0.2, 0.25) is 5.02 Å². The molecule has 0 aromatic heterocycles. The molecular formula is C23H19ClO2. The van der Waals surface area contributed by atoms with E-state index in [2.05, 4.69) is 0 Å². The van der Waals surface area contributed by atoms with Crippen molar-refractivity contribution in [1.82, 2.24) is 0 Å². The Morgan fingerprint density at radius 2 is 1.50 bits per heavy atom. The molecule has 0 saturated heterocycles. The van der Waals surface area contributed by atoms with Gasteiger partial charge >= 0.3 is 5.97 Å². The first-order valence-electron chi connectivity index (χ1n) is 8.34. The topological polar surface area (TPSA) is 37.3 Å². The Kier molecular flexibility index (Phi) is 5.24. The molecule has 0 saturated carbocycles. The highest BCUT2D eigenvalue weighted by molar-refractivity contribution is 6.30. The first-order valence-corrected chi connectivity index (χ1v) is 8.71. The van der Waals surface area contributed by atoms with Crippen LogP contribution in [0.1, 0.15) is 29.2 Å². The van der Waals surface area contributed by atoms with Crippen molar-refractivity contribution in [3.63, 3.8) is 0 Å². The summed E-state index contributed by atoms with van der Waals surface area (Å²) in [5.41, 5.74) is 2.24. The van der Waals surface area contributed by atoms with Crippen molar-refractivity contribution in [1.29, 1.82) is 0 Å². The van der Waals surface area contributed by atoms with E-state index in [1.807, 2.05) is 91.0 Å². The van der Waals surface area contributed by atoms with E-state index in [4.69, 9.17) is 11.6 Å². The molecule has 3 rings (SSSR count). The average Bonchev–Trinajstić information content (AvgIpc) is 2.67. The van der Waals surface area contributed by atoms with Crippen molar-refractivity contribution in [3.8, 4) is 0 Å². The molecule has 0 aliphatic rings. The molecule has 0 aliphatic heterocycles. The van der Waals surface area contributed by atoms with Crippen LogP contribution in [0.25, 0.3) is 12.2 Å². The number of benzene rings is 3. The van der Waals surface area contributed by atoms with E-state index in [1.54, 1.807) is 6.92 Å². The van der Waals surface area contributed by atoms with Crippen molar-refractivity contribution >= 4 is 29.7 Å². The lowest BCUT2D eigenvalue weighted by atomic mass is 9.74. The zero-order chi connectivity index (χ0) is 18.6. The SMILES string of the molecule is C[C@@](C(=O)O)(c1ccccc1)c1ccccc1/C=C/c1ccc(Cl)cc1. The summed E-state index contributed by atoms with van der Waals surface area (Å²) in [6, 6.07) is 24.4. The summed E-state index contributed by atoms with van der Waals surface area (Å²) in [7, 11) is 0. The first-order chi connectivity index (χ1) is 12.5. The van der Waals surface area contributed by atoms with Gasteiger partial charge in [0.05, 0.1) is 0 Å². The molecule has 3 heteroatoms. The third kappa shape index (κ3) is 3.56. The van der Waals surface area contributed by atoms with Crippen molar-refractivity contribution in [2.75, 3.05) is 0 Å². The van der Waals surface area contributed by atoms with Crippen LogP contribution >= 0.6 is 11.6 Å². The Bertz CT molecular complexity index is 930. The molecule has 1 N–H and O–H groups in total. The first kappa shape index (κ1) is 18.0. The van der Waals surface area contributed by atoms with Crippen LogP contribution in [0.15, 0.2) is 78.9 Å². The largest absolute Gasteiger partial charge is 0.480 e. The number of carbonyl (C=O) groups is 1. The quantitative estimate of drug-likeness (QED) is 0.573. The summed E-state index contributed by atoms with van der Waals surface area (Å²) in [5, 5.41) is 10.7. The van der Waals surface area contributed by atoms with Gasteiger partial charge < -0.3 is 5.11 Å². The molecule has 0 spiro atoms. The number of hydrogen-bond acceptors (Lipinski definition) is 1. The number of rotatable bonds is 5.